The van der Waals surface area contributed by atoms with Crippen molar-refractivity contribution < 1.29 is 19.1 Å². The number of benzene rings is 1. The van der Waals surface area contributed by atoms with Crippen LogP contribution in [0.25, 0.3) is 0 Å². The van der Waals surface area contributed by atoms with E-state index in [0.29, 0.717) is 30.9 Å². The Bertz CT molecular complexity index is 662. The molecule has 1 aliphatic heterocycles. The number of nitrogens with one attached hydrogen (secondary N) is 1. The van der Waals surface area contributed by atoms with E-state index in [1.807, 2.05) is 7.05 Å². The lowest BCUT2D eigenvalue weighted by molar-refractivity contribution is -0.147. The first-order valence-electron chi connectivity index (χ1n) is 8.82. The molecule has 0 radical (unpaired) electrons. The highest BCUT2D eigenvalue weighted by Gasteiger charge is 2.39. The van der Waals surface area contributed by atoms with Gasteiger partial charge in [-0.1, -0.05) is 0 Å². The molecule has 0 aliphatic carbocycles. The number of carbonyl (C=O) groups excluding carboxylic acids is 3. The van der Waals surface area contributed by atoms with Gasteiger partial charge < -0.3 is 19.9 Å². The van der Waals surface area contributed by atoms with Crippen LogP contribution in [-0.4, -0.2) is 67.4 Å². The molecule has 0 saturated carbocycles. The molecular weight excluding hydrogens is 334 g/mol. The first-order valence-corrected chi connectivity index (χ1v) is 8.82. The van der Waals surface area contributed by atoms with E-state index in [4.69, 9.17) is 4.74 Å². The van der Waals surface area contributed by atoms with Crippen molar-refractivity contribution in [2.45, 2.75) is 20.8 Å². The van der Waals surface area contributed by atoms with Crippen LogP contribution >= 0.6 is 0 Å². The zero-order chi connectivity index (χ0) is 19.3. The van der Waals surface area contributed by atoms with Crippen LogP contribution in [0.2, 0.25) is 0 Å². The number of ether oxygens (including phenoxy) is 1. The van der Waals surface area contributed by atoms with E-state index in [-0.39, 0.29) is 11.8 Å². The van der Waals surface area contributed by atoms with E-state index < -0.39 is 11.4 Å². The SMILES string of the molecule is CCOC(=O)c1ccc(NC(=O)C(C)(C)C(=O)N2CCN(C)CC2)cc1. The second kappa shape index (κ2) is 8.31. The molecule has 1 N–H and O–H groups in total. The number of likely N-dealkylation sites (N-methyl/N-ethyl adjacent to an activating group) is 1. The molecule has 1 heterocycles. The Labute approximate surface area is 154 Å². The highest BCUT2D eigenvalue weighted by Crippen LogP contribution is 2.23. The minimum atomic E-state index is -1.17. The highest BCUT2D eigenvalue weighted by atomic mass is 16.5. The van der Waals surface area contributed by atoms with Crippen molar-refractivity contribution in [3.8, 4) is 0 Å². The number of piperazine rings is 1. The molecule has 0 atom stereocenters. The van der Waals surface area contributed by atoms with Crippen LogP contribution in [0.3, 0.4) is 0 Å². The Kier molecular flexibility index (Phi) is 6.37. The maximum atomic E-state index is 12.8. The van der Waals surface area contributed by atoms with E-state index in [1.54, 1.807) is 49.9 Å². The normalized spacial score (nSPS) is 15.5. The fraction of sp³-hybridized carbons (Fsp3) is 0.526. The van der Waals surface area contributed by atoms with E-state index in [2.05, 4.69) is 10.2 Å². The van der Waals surface area contributed by atoms with Gasteiger partial charge in [-0.15, -0.1) is 0 Å². The minimum absolute atomic E-state index is 0.175. The topological polar surface area (TPSA) is 78.9 Å². The minimum Gasteiger partial charge on any atom is -0.462 e. The fourth-order valence-electron chi connectivity index (χ4n) is 2.69. The number of rotatable bonds is 5. The quantitative estimate of drug-likeness (QED) is 0.637. The predicted octanol–water partition coefficient (Wildman–Crippen LogP) is 1.60. The van der Waals surface area contributed by atoms with E-state index in [1.165, 1.54) is 0 Å². The lowest BCUT2D eigenvalue weighted by Crippen LogP contribution is -2.53. The Morgan fingerprint density at radius 2 is 1.65 bits per heavy atom. The second-order valence-corrected chi connectivity index (χ2v) is 6.97. The average Bonchev–Trinajstić information content (AvgIpc) is 2.62. The summed E-state index contributed by atoms with van der Waals surface area (Å²) in [6.45, 7) is 8.18. The van der Waals surface area contributed by atoms with Gasteiger partial charge in [0.2, 0.25) is 11.8 Å². The van der Waals surface area contributed by atoms with Crippen LogP contribution < -0.4 is 5.32 Å². The smallest absolute Gasteiger partial charge is 0.338 e. The predicted molar refractivity (Wildman–Crippen MR) is 98.9 cm³/mol. The van der Waals surface area contributed by atoms with Gasteiger partial charge in [0, 0.05) is 31.9 Å². The third-order valence-corrected chi connectivity index (χ3v) is 4.55. The summed E-state index contributed by atoms with van der Waals surface area (Å²) in [4.78, 5) is 41.0. The number of esters is 1. The summed E-state index contributed by atoms with van der Waals surface area (Å²) in [6.07, 6.45) is 0. The molecule has 1 fully saturated rings. The molecule has 7 heteroatoms. The lowest BCUT2D eigenvalue weighted by Gasteiger charge is -2.36. The highest BCUT2D eigenvalue weighted by molar-refractivity contribution is 6.10. The number of carbonyl (C=O) groups is 3. The zero-order valence-corrected chi connectivity index (χ0v) is 15.9. The molecular formula is C19H27N3O4. The number of hydrogen-bond donors (Lipinski definition) is 1. The average molecular weight is 361 g/mol. The number of anilines is 1. The summed E-state index contributed by atoms with van der Waals surface area (Å²) in [5, 5.41) is 2.76. The van der Waals surface area contributed by atoms with Crippen molar-refractivity contribution in [3.63, 3.8) is 0 Å². The molecule has 0 aromatic heterocycles. The third-order valence-electron chi connectivity index (χ3n) is 4.55. The van der Waals surface area contributed by atoms with Crippen molar-refractivity contribution in [2.24, 2.45) is 5.41 Å². The molecule has 142 valence electrons. The van der Waals surface area contributed by atoms with Gasteiger partial charge >= 0.3 is 5.97 Å². The van der Waals surface area contributed by atoms with Gasteiger partial charge in [-0.3, -0.25) is 9.59 Å². The number of amides is 2. The fourth-order valence-corrected chi connectivity index (χ4v) is 2.69. The van der Waals surface area contributed by atoms with Crippen LogP contribution in [0, 0.1) is 5.41 Å². The van der Waals surface area contributed by atoms with Crippen molar-refractivity contribution >= 4 is 23.5 Å². The second-order valence-electron chi connectivity index (χ2n) is 6.97. The molecule has 0 unspecified atom stereocenters. The van der Waals surface area contributed by atoms with Gasteiger partial charge in [-0.2, -0.15) is 0 Å². The largest absolute Gasteiger partial charge is 0.462 e. The number of hydrogen-bond acceptors (Lipinski definition) is 5. The number of nitrogens with zero attached hydrogens (tertiary/aromatic N) is 2. The molecule has 0 spiro atoms. The Morgan fingerprint density at radius 1 is 1.08 bits per heavy atom. The van der Waals surface area contributed by atoms with Gasteiger partial charge in [0.05, 0.1) is 12.2 Å². The lowest BCUT2D eigenvalue weighted by atomic mass is 9.89. The maximum absolute atomic E-state index is 12.8. The van der Waals surface area contributed by atoms with Crippen LogP contribution in [0.15, 0.2) is 24.3 Å². The van der Waals surface area contributed by atoms with Gasteiger partial charge in [0.25, 0.3) is 0 Å². The van der Waals surface area contributed by atoms with Crippen LogP contribution in [0.4, 0.5) is 5.69 Å². The molecule has 1 aliphatic rings. The molecule has 7 nitrogen and oxygen atoms in total. The Balaban J connectivity index is 2.01. The third kappa shape index (κ3) is 4.60. The first kappa shape index (κ1) is 19.9. The maximum Gasteiger partial charge on any atom is 0.338 e. The summed E-state index contributed by atoms with van der Waals surface area (Å²) >= 11 is 0. The molecule has 26 heavy (non-hydrogen) atoms. The molecule has 1 aromatic rings. The van der Waals surface area contributed by atoms with Gasteiger partial charge in [0.1, 0.15) is 5.41 Å². The summed E-state index contributed by atoms with van der Waals surface area (Å²) in [5.41, 5.74) is -0.227. The van der Waals surface area contributed by atoms with E-state index >= 15 is 0 Å². The van der Waals surface area contributed by atoms with Crippen LogP contribution in [-0.2, 0) is 14.3 Å². The molecule has 1 saturated heterocycles. The van der Waals surface area contributed by atoms with E-state index in [0.717, 1.165) is 13.1 Å². The zero-order valence-electron chi connectivity index (χ0n) is 15.9. The van der Waals surface area contributed by atoms with Crippen molar-refractivity contribution in [1.82, 2.24) is 9.80 Å². The summed E-state index contributed by atoms with van der Waals surface area (Å²) in [5.74, 6) is -0.951. The Morgan fingerprint density at radius 3 is 2.19 bits per heavy atom. The standard InChI is InChI=1S/C19H27N3O4/c1-5-26-16(23)14-6-8-15(9-7-14)20-17(24)19(2,3)18(25)22-12-10-21(4)11-13-22/h6-9H,5,10-13H2,1-4H3,(H,20,24). The Hall–Kier alpha value is -2.41. The molecule has 2 amide bonds. The van der Waals surface area contributed by atoms with Crippen molar-refractivity contribution in [2.75, 3.05) is 45.2 Å². The molecule has 0 bridgehead atoms. The summed E-state index contributed by atoms with van der Waals surface area (Å²) in [7, 11) is 2.01. The first-order chi connectivity index (χ1) is 12.3. The van der Waals surface area contributed by atoms with Gasteiger partial charge in [-0.25, -0.2) is 4.79 Å². The summed E-state index contributed by atoms with van der Waals surface area (Å²) in [6, 6.07) is 6.42. The summed E-state index contributed by atoms with van der Waals surface area (Å²) < 4.78 is 4.93. The van der Waals surface area contributed by atoms with Crippen LogP contribution in [0.1, 0.15) is 31.1 Å². The molecule has 1 aromatic carbocycles. The van der Waals surface area contributed by atoms with Crippen molar-refractivity contribution in [1.29, 1.82) is 0 Å². The van der Waals surface area contributed by atoms with Gasteiger partial charge in [0.15, 0.2) is 0 Å². The van der Waals surface area contributed by atoms with Crippen LogP contribution in [0.5, 0.6) is 0 Å². The monoisotopic (exact) mass is 361 g/mol. The van der Waals surface area contributed by atoms with Crippen molar-refractivity contribution in [3.05, 3.63) is 29.8 Å². The van der Waals surface area contributed by atoms with E-state index in [9.17, 15) is 14.4 Å². The van der Waals surface area contributed by atoms with Gasteiger partial charge in [-0.05, 0) is 52.1 Å². The molecule has 2 rings (SSSR count).